The molecule has 162 valence electrons. The molecular formula is C24H25NO6. The Bertz CT molecular complexity index is 1060. The largest absolute Gasteiger partial charge is 0.508 e. The third-order valence-corrected chi connectivity index (χ3v) is 6.88. The van der Waals surface area contributed by atoms with E-state index in [0.717, 1.165) is 5.56 Å². The van der Waals surface area contributed by atoms with E-state index in [4.69, 9.17) is 9.47 Å². The summed E-state index contributed by atoms with van der Waals surface area (Å²) in [5.74, 6) is -0.534. The quantitative estimate of drug-likeness (QED) is 0.766. The number of benzene rings is 2. The van der Waals surface area contributed by atoms with E-state index in [0.29, 0.717) is 25.1 Å². The summed E-state index contributed by atoms with van der Waals surface area (Å²) in [5, 5.41) is 19.5. The van der Waals surface area contributed by atoms with Crippen molar-refractivity contribution in [2.45, 2.75) is 50.5 Å². The third-order valence-electron chi connectivity index (χ3n) is 6.88. The molecule has 3 heterocycles. The average Bonchev–Trinajstić information content (AvgIpc) is 3.16. The van der Waals surface area contributed by atoms with Gasteiger partial charge < -0.3 is 24.6 Å². The normalized spacial score (nSPS) is 28.1. The number of rotatable bonds is 2. The summed E-state index contributed by atoms with van der Waals surface area (Å²) < 4.78 is 12.8. The van der Waals surface area contributed by atoms with E-state index in [1.165, 1.54) is 6.07 Å². The molecule has 7 heteroatoms. The zero-order chi connectivity index (χ0) is 21.9. The van der Waals surface area contributed by atoms with Gasteiger partial charge >= 0.3 is 5.97 Å². The number of nitrogens with zero attached hydrogens (tertiary/aromatic N) is 1. The van der Waals surface area contributed by atoms with E-state index in [1.54, 1.807) is 41.3 Å². The van der Waals surface area contributed by atoms with Gasteiger partial charge in [0.15, 0.2) is 0 Å². The molecule has 2 N–H and O–H groups in total. The molecule has 0 aromatic heterocycles. The van der Waals surface area contributed by atoms with E-state index in [1.807, 2.05) is 13.8 Å². The van der Waals surface area contributed by atoms with Gasteiger partial charge in [0.25, 0.3) is 5.91 Å². The lowest BCUT2D eigenvalue weighted by Gasteiger charge is -2.50. The number of amides is 1. The van der Waals surface area contributed by atoms with Crippen LogP contribution in [0.2, 0.25) is 0 Å². The molecule has 7 nitrogen and oxygen atoms in total. The van der Waals surface area contributed by atoms with Gasteiger partial charge in [-0.3, -0.25) is 4.79 Å². The molecule has 2 fully saturated rings. The highest BCUT2D eigenvalue weighted by Crippen LogP contribution is 2.53. The minimum atomic E-state index is -1.11. The monoisotopic (exact) mass is 423 g/mol. The zero-order valence-corrected chi connectivity index (χ0v) is 17.4. The van der Waals surface area contributed by atoms with Gasteiger partial charge in [0.1, 0.15) is 17.1 Å². The number of carbonyl (C=O) groups excluding carboxylic acids is 1. The maximum Gasteiger partial charge on any atom is 0.336 e. The molecule has 2 aromatic rings. The van der Waals surface area contributed by atoms with Crippen molar-refractivity contribution in [3.8, 4) is 11.5 Å². The lowest BCUT2D eigenvalue weighted by atomic mass is 9.74. The van der Waals surface area contributed by atoms with Gasteiger partial charge in [-0.15, -0.1) is 0 Å². The van der Waals surface area contributed by atoms with Crippen LogP contribution in [0.25, 0.3) is 0 Å². The van der Waals surface area contributed by atoms with Gasteiger partial charge in [-0.1, -0.05) is 12.1 Å². The molecule has 0 radical (unpaired) electrons. The van der Waals surface area contributed by atoms with Crippen molar-refractivity contribution < 1.29 is 29.3 Å². The molecule has 2 saturated heterocycles. The Hall–Kier alpha value is -3.06. The number of aromatic hydroxyl groups is 1. The molecule has 4 atom stereocenters. The lowest BCUT2D eigenvalue weighted by molar-refractivity contribution is -0.159. The summed E-state index contributed by atoms with van der Waals surface area (Å²) in [4.78, 5) is 26.7. The van der Waals surface area contributed by atoms with E-state index >= 15 is 0 Å². The third kappa shape index (κ3) is 3.15. The highest BCUT2D eigenvalue weighted by molar-refractivity contribution is 6.05. The van der Waals surface area contributed by atoms with Gasteiger partial charge in [-0.2, -0.15) is 0 Å². The highest BCUT2D eigenvalue weighted by atomic mass is 16.5. The van der Waals surface area contributed by atoms with E-state index < -0.39 is 11.6 Å². The van der Waals surface area contributed by atoms with Gasteiger partial charge in [-0.25, -0.2) is 4.79 Å². The van der Waals surface area contributed by atoms with Crippen molar-refractivity contribution >= 4 is 11.9 Å². The fourth-order valence-corrected chi connectivity index (χ4v) is 5.34. The molecule has 31 heavy (non-hydrogen) atoms. The SMILES string of the molecule is CC1(C)Oc2ccc(O)cc2[C@H]2O[C@H]3CCN(C(=O)c4ccccc4C(=O)O)[C@@H]3C[C@@H]21. The Morgan fingerprint density at radius 2 is 1.87 bits per heavy atom. The average molecular weight is 423 g/mol. The van der Waals surface area contributed by atoms with Crippen LogP contribution in [0.3, 0.4) is 0 Å². The molecule has 5 rings (SSSR count). The van der Waals surface area contributed by atoms with Crippen molar-refractivity contribution in [2.75, 3.05) is 6.54 Å². The first-order chi connectivity index (χ1) is 14.8. The Morgan fingerprint density at radius 1 is 1.13 bits per heavy atom. The number of carbonyl (C=O) groups is 2. The fraction of sp³-hybridized carbons (Fsp3) is 0.417. The standard InChI is InChI=1S/C24H25NO6/c1-24(2)17-12-18-20(30-21(17)16-11-13(26)7-8-19(16)31-24)9-10-25(18)22(27)14-5-3-4-6-15(14)23(28)29/h3-8,11,17-18,20-21,26H,9-10,12H2,1-2H3,(H,28,29)/t17-,18+,20-,21+/m0/s1. The first-order valence-corrected chi connectivity index (χ1v) is 10.6. The summed E-state index contributed by atoms with van der Waals surface area (Å²) in [5.41, 5.74) is 0.530. The van der Waals surface area contributed by atoms with E-state index in [2.05, 4.69) is 0 Å². The predicted octanol–water partition coefficient (Wildman–Crippen LogP) is 3.62. The Balaban J connectivity index is 1.47. The molecule has 2 aromatic carbocycles. The molecule has 3 aliphatic heterocycles. The smallest absolute Gasteiger partial charge is 0.336 e. The summed E-state index contributed by atoms with van der Waals surface area (Å²) >= 11 is 0. The Labute approximate surface area is 180 Å². The van der Waals surface area contributed by atoms with Gasteiger partial charge in [-0.05, 0) is 57.0 Å². The second kappa shape index (κ2) is 6.99. The molecule has 0 spiro atoms. The van der Waals surface area contributed by atoms with Crippen LogP contribution in [0.1, 0.15) is 59.1 Å². The number of carboxylic acids is 1. The number of hydrogen-bond acceptors (Lipinski definition) is 5. The first kappa shape index (κ1) is 19.9. The van der Waals surface area contributed by atoms with Crippen LogP contribution in [0.5, 0.6) is 11.5 Å². The number of phenols is 1. The first-order valence-electron chi connectivity index (χ1n) is 10.6. The number of hydrogen-bond donors (Lipinski definition) is 2. The van der Waals surface area contributed by atoms with Crippen LogP contribution in [0.4, 0.5) is 0 Å². The number of aromatic carboxylic acids is 1. The van der Waals surface area contributed by atoms with Crippen LogP contribution in [-0.2, 0) is 4.74 Å². The minimum Gasteiger partial charge on any atom is -0.508 e. The van der Waals surface area contributed by atoms with Crippen LogP contribution >= 0.6 is 0 Å². The lowest BCUT2D eigenvalue weighted by Crippen LogP contribution is -2.54. The van der Waals surface area contributed by atoms with Crippen molar-refractivity contribution in [1.82, 2.24) is 4.90 Å². The summed E-state index contributed by atoms with van der Waals surface area (Å²) in [6.45, 7) is 4.55. The van der Waals surface area contributed by atoms with Crippen molar-refractivity contribution in [3.05, 3.63) is 59.2 Å². The highest BCUT2D eigenvalue weighted by Gasteiger charge is 2.54. The van der Waals surface area contributed by atoms with E-state index in [9.17, 15) is 19.8 Å². The topological polar surface area (TPSA) is 96.3 Å². The van der Waals surface area contributed by atoms with Crippen molar-refractivity contribution in [3.63, 3.8) is 0 Å². The maximum atomic E-state index is 13.3. The summed E-state index contributed by atoms with van der Waals surface area (Å²) in [6, 6.07) is 11.2. The number of phenolic OH excluding ortho intramolecular Hbond substituents is 1. The zero-order valence-electron chi connectivity index (χ0n) is 17.4. The number of likely N-dealkylation sites (tertiary alicyclic amines) is 1. The van der Waals surface area contributed by atoms with Crippen molar-refractivity contribution in [2.24, 2.45) is 5.92 Å². The predicted molar refractivity (Wildman–Crippen MR) is 111 cm³/mol. The second-order valence-electron chi connectivity index (χ2n) is 9.07. The van der Waals surface area contributed by atoms with Gasteiger partial charge in [0.05, 0.1) is 29.4 Å². The number of ether oxygens (including phenoxy) is 2. The molecule has 1 amide bonds. The van der Waals surface area contributed by atoms with Crippen LogP contribution in [0, 0.1) is 5.92 Å². The second-order valence-corrected chi connectivity index (χ2v) is 9.07. The fourth-order valence-electron chi connectivity index (χ4n) is 5.34. The molecule has 0 bridgehead atoms. The summed E-state index contributed by atoms with van der Waals surface area (Å²) in [7, 11) is 0. The Kier molecular flexibility index (Phi) is 4.48. The van der Waals surface area contributed by atoms with Crippen LogP contribution in [-0.4, -0.2) is 51.3 Å². The number of fused-ring (bicyclic) bond motifs is 4. The van der Waals surface area contributed by atoms with Crippen LogP contribution < -0.4 is 4.74 Å². The molecule has 0 aliphatic carbocycles. The van der Waals surface area contributed by atoms with Gasteiger partial charge in [0.2, 0.25) is 0 Å². The molecular weight excluding hydrogens is 398 g/mol. The Morgan fingerprint density at radius 3 is 2.61 bits per heavy atom. The maximum absolute atomic E-state index is 13.3. The van der Waals surface area contributed by atoms with Crippen LogP contribution in [0.15, 0.2) is 42.5 Å². The van der Waals surface area contributed by atoms with E-state index in [-0.39, 0.29) is 47.0 Å². The number of carboxylic acid groups (broad SMARTS) is 1. The molecule has 3 aliphatic rings. The summed E-state index contributed by atoms with van der Waals surface area (Å²) in [6.07, 6.45) is 0.989. The molecule has 0 unspecified atom stereocenters. The van der Waals surface area contributed by atoms with Crippen molar-refractivity contribution in [1.29, 1.82) is 0 Å². The molecule has 0 saturated carbocycles. The van der Waals surface area contributed by atoms with Gasteiger partial charge in [0, 0.05) is 18.0 Å². The minimum absolute atomic E-state index is 0.0105.